The van der Waals surface area contributed by atoms with Crippen LogP contribution in [-0.2, 0) is 16.0 Å². The summed E-state index contributed by atoms with van der Waals surface area (Å²) in [4.78, 5) is 13.0. The van der Waals surface area contributed by atoms with E-state index in [-0.39, 0.29) is 5.97 Å². The minimum atomic E-state index is -1.33. The first-order valence-electron chi connectivity index (χ1n) is 6.11. The van der Waals surface area contributed by atoms with E-state index in [1.165, 1.54) is 4.88 Å². The molecule has 1 aromatic rings. The zero-order valence-electron chi connectivity index (χ0n) is 11.2. The molecule has 0 aromatic carbocycles. The Morgan fingerprint density at radius 2 is 2.18 bits per heavy atom. The average Bonchev–Trinajstić information content (AvgIpc) is 2.68. The maximum Gasteiger partial charge on any atom is 0.305 e. The van der Waals surface area contributed by atoms with Crippen molar-refractivity contribution in [2.75, 3.05) is 6.61 Å². The molecule has 0 bridgehead atoms. The average molecular weight is 270 g/mol. The maximum atomic E-state index is 11.6. The monoisotopic (exact) mass is 270 g/mol. The molecule has 1 rings (SSSR count). The highest BCUT2D eigenvalue weighted by Gasteiger charge is 2.29. The molecule has 0 amide bonds. The van der Waals surface area contributed by atoms with E-state index in [2.05, 4.69) is 37.2 Å². The fourth-order valence-electron chi connectivity index (χ4n) is 1.78. The van der Waals surface area contributed by atoms with Crippen molar-refractivity contribution in [2.45, 2.75) is 44.9 Å². The predicted octanol–water partition coefficient (Wildman–Crippen LogP) is 3.95. The van der Waals surface area contributed by atoms with E-state index in [0.29, 0.717) is 18.6 Å². The van der Waals surface area contributed by atoms with Gasteiger partial charge in [-0.1, -0.05) is 25.7 Å². The van der Waals surface area contributed by atoms with Crippen LogP contribution in [0.4, 0.5) is 0 Å². The second-order valence-corrected chi connectivity index (χ2v) is 11.9. The van der Waals surface area contributed by atoms with E-state index in [9.17, 15) is 4.79 Å². The van der Waals surface area contributed by atoms with Crippen molar-refractivity contribution in [2.24, 2.45) is 0 Å². The van der Waals surface area contributed by atoms with E-state index < -0.39 is 8.07 Å². The normalized spacial score (nSPS) is 13.4. The molecule has 1 atom stereocenters. The Bertz CT molecular complexity index is 341. The number of rotatable bonds is 6. The largest absolute Gasteiger partial charge is 0.466 e. The summed E-state index contributed by atoms with van der Waals surface area (Å²) in [6.45, 7) is 9.32. The van der Waals surface area contributed by atoms with E-state index in [1.54, 1.807) is 11.3 Å². The van der Waals surface area contributed by atoms with Crippen LogP contribution in [0.25, 0.3) is 0 Å². The van der Waals surface area contributed by atoms with Gasteiger partial charge in [0.15, 0.2) is 0 Å². The molecule has 0 radical (unpaired) electrons. The number of thiophene rings is 1. The van der Waals surface area contributed by atoms with Crippen molar-refractivity contribution in [1.82, 2.24) is 0 Å². The number of carbonyl (C=O) groups excluding carboxylic acids is 1. The Labute approximate surface area is 109 Å². The first-order valence-corrected chi connectivity index (χ1v) is 10.6. The van der Waals surface area contributed by atoms with Crippen LogP contribution in [0.5, 0.6) is 0 Å². The zero-order chi connectivity index (χ0) is 12.9. The fourth-order valence-corrected chi connectivity index (χ4v) is 4.32. The van der Waals surface area contributed by atoms with Gasteiger partial charge in [0, 0.05) is 19.4 Å². The van der Waals surface area contributed by atoms with Crippen LogP contribution in [0.1, 0.15) is 18.2 Å². The van der Waals surface area contributed by atoms with Gasteiger partial charge >= 0.3 is 5.97 Å². The second kappa shape index (κ2) is 6.35. The van der Waals surface area contributed by atoms with Gasteiger partial charge in [-0.2, -0.15) is 0 Å². The highest BCUT2D eigenvalue weighted by Crippen LogP contribution is 2.31. The van der Waals surface area contributed by atoms with E-state index in [0.717, 1.165) is 6.42 Å². The van der Waals surface area contributed by atoms with Crippen LogP contribution in [0.15, 0.2) is 17.5 Å². The summed E-state index contributed by atoms with van der Waals surface area (Å²) in [5.74, 6) is -0.0449. The van der Waals surface area contributed by atoms with Crippen LogP contribution in [0.2, 0.25) is 25.2 Å². The molecule has 2 nitrogen and oxygen atoms in total. The first-order chi connectivity index (χ1) is 7.93. The van der Waals surface area contributed by atoms with Crippen molar-refractivity contribution in [3.8, 4) is 0 Å². The molecule has 0 aliphatic rings. The summed E-state index contributed by atoms with van der Waals surface area (Å²) in [6.07, 6.45) is 1.59. The third-order valence-corrected chi connectivity index (χ3v) is 6.73. The molecular weight excluding hydrogens is 248 g/mol. The Morgan fingerprint density at radius 3 is 2.65 bits per heavy atom. The van der Waals surface area contributed by atoms with Crippen LogP contribution in [0, 0.1) is 0 Å². The molecular formula is C13H22O2SSi. The predicted molar refractivity (Wildman–Crippen MR) is 76.4 cm³/mol. The lowest BCUT2D eigenvalue weighted by atomic mass is 10.2. The molecule has 1 unspecified atom stereocenters. The second-order valence-electron chi connectivity index (χ2n) is 5.36. The third-order valence-electron chi connectivity index (χ3n) is 2.97. The fraction of sp³-hybridized carbons (Fsp3) is 0.615. The number of hydrogen-bond acceptors (Lipinski definition) is 3. The van der Waals surface area contributed by atoms with Gasteiger partial charge in [0.1, 0.15) is 0 Å². The Morgan fingerprint density at radius 1 is 1.47 bits per heavy atom. The van der Waals surface area contributed by atoms with Crippen LogP contribution >= 0.6 is 11.3 Å². The van der Waals surface area contributed by atoms with Crippen molar-refractivity contribution in [1.29, 1.82) is 0 Å². The minimum absolute atomic E-state index is 0.0449. The van der Waals surface area contributed by atoms with E-state index >= 15 is 0 Å². The number of esters is 1. The van der Waals surface area contributed by atoms with Gasteiger partial charge < -0.3 is 4.74 Å². The van der Waals surface area contributed by atoms with E-state index in [1.807, 2.05) is 6.92 Å². The molecule has 96 valence electrons. The number of carbonyl (C=O) groups is 1. The molecule has 0 saturated carbocycles. The van der Waals surface area contributed by atoms with Crippen molar-refractivity contribution < 1.29 is 9.53 Å². The Hall–Kier alpha value is -0.613. The summed E-state index contributed by atoms with van der Waals surface area (Å²) in [5.41, 5.74) is 0.472. The molecule has 1 aromatic heterocycles. The van der Waals surface area contributed by atoms with Gasteiger partial charge in [0.25, 0.3) is 0 Å². The van der Waals surface area contributed by atoms with Gasteiger partial charge in [0.2, 0.25) is 0 Å². The highest BCUT2D eigenvalue weighted by molar-refractivity contribution is 7.10. The minimum Gasteiger partial charge on any atom is -0.466 e. The summed E-state index contributed by atoms with van der Waals surface area (Å²) < 4.78 is 5.07. The van der Waals surface area contributed by atoms with Gasteiger partial charge in [-0.05, 0) is 30.3 Å². The molecule has 1 heterocycles. The summed E-state index contributed by atoms with van der Waals surface area (Å²) >= 11 is 1.78. The number of hydrogen-bond donors (Lipinski definition) is 0. The smallest absolute Gasteiger partial charge is 0.305 e. The Kier molecular flexibility index (Phi) is 5.40. The molecule has 0 spiro atoms. The van der Waals surface area contributed by atoms with Crippen LogP contribution < -0.4 is 0 Å². The topological polar surface area (TPSA) is 26.3 Å². The molecule has 0 aliphatic heterocycles. The summed E-state index contributed by atoms with van der Waals surface area (Å²) in [6, 6.07) is 4.23. The molecule has 0 fully saturated rings. The van der Waals surface area contributed by atoms with Crippen molar-refractivity contribution >= 4 is 25.4 Å². The molecule has 0 saturated heterocycles. The molecule has 0 N–H and O–H groups in total. The first kappa shape index (κ1) is 14.4. The SMILES string of the molecule is CCOC(=O)CC(Cc1cccs1)[Si](C)(C)C. The van der Waals surface area contributed by atoms with Crippen LogP contribution in [0.3, 0.4) is 0 Å². The van der Waals surface area contributed by atoms with Gasteiger partial charge in [-0.15, -0.1) is 11.3 Å². The molecule has 0 aliphatic carbocycles. The van der Waals surface area contributed by atoms with Gasteiger partial charge in [-0.25, -0.2) is 0 Å². The highest BCUT2D eigenvalue weighted by atomic mass is 32.1. The van der Waals surface area contributed by atoms with Crippen molar-refractivity contribution in [3.05, 3.63) is 22.4 Å². The molecule has 17 heavy (non-hydrogen) atoms. The summed E-state index contributed by atoms with van der Waals surface area (Å²) in [7, 11) is -1.33. The standard InChI is InChI=1S/C13H22O2SSi/c1-5-15-13(14)10-12(17(2,3)4)9-11-7-6-8-16-11/h6-8,12H,5,9-10H2,1-4H3. The maximum absolute atomic E-state index is 11.6. The van der Waals surface area contributed by atoms with Crippen molar-refractivity contribution in [3.63, 3.8) is 0 Å². The van der Waals surface area contributed by atoms with Gasteiger partial charge in [0.05, 0.1) is 6.61 Å². The Balaban J connectivity index is 2.65. The lowest BCUT2D eigenvalue weighted by molar-refractivity contribution is -0.143. The third kappa shape index (κ3) is 5.04. The summed E-state index contributed by atoms with van der Waals surface area (Å²) in [5, 5.41) is 2.10. The van der Waals surface area contributed by atoms with E-state index in [4.69, 9.17) is 4.74 Å². The lowest BCUT2D eigenvalue weighted by Crippen LogP contribution is -2.31. The van der Waals surface area contributed by atoms with Gasteiger partial charge in [-0.3, -0.25) is 4.79 Å². The molecule has 4 heteroatoms. The lowest BCUT2D eigenvalue weighted by Gasteiger charge is -2.27. The van der Waals surface area contributed by atoms with Crippen LogP contribution in [-0.4, -0.2) is 20.7 Å². The quantitative estimate of drug-likeness (QED) is 0.578. The zero-order valence-corrected chi connectivity index (χ0v) is 13.0. The number of ether oxygens (including phenoxy) is 1.